The van der Waals surface area contributed by atoms with Crippen molar-refractivity contribution in [3.05, 3.63) is 53.1 Å². The molecule has 0 aromatic heterocycles. The van der Waals surface area contributed by atoms with Gasteiger partial charge in [-0.25, -0.2) is 8.78 Å². The van der Waals surface area contributed by atoms with Crippen LogP contribution >= 0.6 is 0 Å². The summed E-state index contributed by atoms with van der Waals surface area (Å²) < 4.78 is 28.7. The molecule has 2 rings (SSSR count). The highest BCUT2D eigenvalue weighted by molar-refractivity contribution is 5.59. The molecule has 0 unspecified atom stereocenters. The van der Waals surface area contributed by atoms with Gasteiger partial charge in [0.25, 0.3) is 0 Å². The van der Waals surface area contributed by atoms with Gasteiger partial charge >= 0.3 is 0 Å². The van der Waals surface area contributed by atoms with Crippen LogP contribution < -0.4 is 15.8 Å². The molecule has 0 aliphatic rings. The summed E-state index contributed by atoms with van der Waals surface area (Å²) in [5.74, 6) is -1.08. The number of hydrogen-bond acceptors (Lipinski definition) is 3. The largest absolute Gasteiger partial charge is 0.378 e. The second-order valence-electron chi connectivity index (χ2n) is 5.60. The smallest absolute Gasteiger partial charge is 0.154 e. The highest BCUT2D eigenvalue weighted by Gasteiger charge is 2.16. The lowest BCUT2D eigenvalue weighted by Crippen LogP contribution is -2.14. The number of hydrogen-bond donors (Lipinski definition) is 2. The molecule has 23 heavy (non-hydrogen) atoms. The molecule has 0 aliphatic carbocycles. The Kier molecular flexibility index (Phi) is 5.42. The van der Waals surface area contributed by atoms with Crippen LogP contribution in [0.4, 0.5) is 25.8 Å². The van der Waals surface area contributed by atoms with Crippen molar-refractivity contribution in [3.63, 3.8) is 0 Å². The van der Waals surface area contributed by atoms with Crippen LogP contribution in [-0.4, -0.2) is 14.1 Å². The summed E-state index contributed by atoms with van der Waals surface area (Å²) in [5, 5.41) is 0. The Morgan fingerprint density at radius 2 is 1.39 bits per heavy atom. The molecule has 124 valence electrons. The van der Waals surface area contributed by atoms with E-state index < -0.39 is 11.6 Å². The summed E-state index contributed by atoms with van der Waals surface area (Å²) in [7, 11) is 3.90. The van der Waals surface area contributed by atoms with Crippen molar-refractivity contribution in [3.8, 4) is 0 Å². The molecular weight excluding hydrogens is 296 g/mol. The van der Waals surface area contributed by atoms with Gasteiger partial charge in [-0.2, -0.15) is 0 Å². The summed E-state index contributed by atoms with van der Waals surface area (Å²) in [6.45, 7) is 3.71. The maximum absolute atomic E-state index is 14.4. The monoisotopic (exact) mass is 319 g/mol. The van der Waals surface area contributed by atoms with E-state index in [9.17, 15) is 8.78 Å². The van der Waals surface area contributed by atoms with E-state index in [1.54, 1.807) is 6.07 Å². The molecule has 0 heterocycles. The first-order valence-corrected chi connectivity index (χ1v) is 7.77. The number of halogens is 2. The van der Waals surface area contributed by atoms with Gasteiger partial charge in [-0.05, 0) is 54.3 Å². The Hall–Kier alpha value is -2.30. The number of nitrogens with zero attached hydrogens (tertiary/aromatic N) is 1. The van der Waals surface area contributed by atoms with Crippen molar-refractivity contribution in [2.45, 2.75) is 26.7 Å². The molecule has 2 N–H and O–H groups in total. The third-order valence-electron chi connectivity index (χ3n) is 3.83. The molecule has 2 aromatic carbocycles. The third-order valence-corrected chi connectivity index (χ3v) is 3.83. The molecular formula is C18H23F2N3. The highest BCUT2D eigenvalue weighted by atomic mass is 19.1. The van der Waals surface area contributed by atoms with Crippen molar-refractivity contribution < 1.29 is 8.78 Å². The van der Waals surface area contributed by atoms with E-state index in [0.29, 0.717) is 24.0 Å². The lowest BCUT2D eigenvalue weighted by Gasteiger charge is -2.17. The number of rotatable bonds is 6. The first kappa shape index (κ1) is 17.1. The van der Waals surface area contributed by atoms with E-state index in [1.807, 2.05) is 57.1 Å². The Morgan fingerprint density at radius 1 is 0.870 bits per heavy atom. The van der Waals surface area contributed by atoms with Gasteiger partial charge in [-0.3, -0.25) is 5.43 Å². The van der Waals surface area contributed by atoms with Crippen LogP contribution in [0.15, 0.2) is 30.3 Å². The maximum Gasteiger partial charge on any atom is 0.154 e. The predicted octanol–water partition coefficient (Wildman–Crippen LogP) is 4.59. The van der Waals surface area contributed by atoms with Crippen LogP contribution in [0.2, 0.25) is 0 Å². The van der Waals surface area contributed by atoms with Gasteiger partial charge in [0, 0.05) is 19.8 Å². The molecule has 0 fully saturated rings. The first-order chi connectivity index (χ1) is 11.0. The van der Waals surface area contributed by atoms with Gasteiger partial charge in [0.2, 0.25) is 0 Å². The van der Waals surface area contributed by atoms with Gasteiger partial charge in [0.15, 0.2) is 11.6 Å². The first-order valence-electron chi connectivity index (χ1n) is 7.77. The van der Waals surface area contributed by atoms with E-state index >= 15 is 0 Å². The molecule has 3 nitrogen and oxygen atoms in total. The molecule has 0 atom stereocenters. The minimum Gasteiger partial charge on any atom is -0.378 e. The normalized spacial score (nSPS) is 10.5. The number of hydrazine groups is 1. The fourth-order valence-corrected chi connectivity index (χ4v) is 2.36. The quantitative estimate of drug-likeness (QED) is 0.762. The number of benzene rings is 2. The average Bonchev–Trinajstić information content (AvgIpc) is 2.55. The summed E-state index contributed by atoms with van der Waals surface area (Å²) in [5.41, 5.74) is 8.22. The Morgan fingerprint density at radius 3 is 1.83 bits per heavy atom. The Balaban J connectivity index is 2.22. The number of nitrogens with one attached hydrogen (secondary N) is 2. The number of anilines is 3. The fraction of sp³-hybridized carbons (Fsp3) is 0.333. The molecule has 2 aromatic rings. The zero-order chi connectivity index (χ0) is 17.0. The molecule has 0 saturated heterocycles. The zero-order valence-corrected chi connectivity index (χ0v) is 14.0. The SMILES string of the molecule is CCc1cc(CC)c(F)c(NNc2ccc(N(C)C)cc2)c1F. The predicted molar refractivity (Wildman–Crippen MR) is 93.1 cm³/mol. The molecule has 0 spiro atoms. The summed E-state index contributed by atoms with van der Waals surface area (Å²) >= 11 is 0. The lowest BCUT2D eigenvalue weighted by atomic mass is 10.0. The van der Waals surface area contributed by atoms with E-state index in [0.717, 1.165) is 11.4 Å². The zero-order valence-electron chi connectivity index (χ0n) is 14.0. The third kappa shape index (κ3) is 3.73. The summed E-state index contributed by atoms with van der Waals surface area (Å²) in [6.07, 6.45) is 1.04. The van der Waals surface area contributed by atoms with Crippen LogP contribution in [-0.2, 0) is 12.8 Å². The van der Waals surface area contributed by atoms with Crippen LogP contribution in [0.25, 0.3) is 0 Å². The van der Waals surface area contributed by atoms with Gasteiger partial charge in [-0.15, -0.1) is 0 Å². The van der Waals surface area contributed by atoms with Crippen molar-refractivity contribution in [1.82, 2.24) is 0 Å². The molecule has 5 heteroatoms. The standard InChI is InChI=1S/C18H23F2N3/c1-5-12-11-13(6-2)17(20)18(16(12)19)22-21-14-7-9-15(10-8-14)23(3)4/h7-11,21-22H,5-6H2,1-4H3. The van der Waals surface area contributed by atoms with Gasteiger partial charge < -0.3 is 10.3 Å². The van der Waals surface area contributed by atoms with Crippen LogP contribution in [0, 0.1) is 11.6 Å². The Bertz CT molecular complexity index is 639. The van der Waals surface area contributed by atoms with Crippen LogP contribution in [0.1, 0.15) is 25.0 Å². The minimum absolute atomic E-state index is 0.127. The number of aryl methyl sites for hydroxylation is 2. The van der Waals surface area contributed by atoms with E-state index in [2.05, 4.69) is 10.9 Å². The van der Waals surface area contributed by atoms with Crippen molar-refractivity contribution >= 4 is 17.1 Å². The lowest BCUT2D eigenvalue weighted by molar-refractivity contribution is 0.571. The molecule has 0 bridgehead atoms. The van der Waals surface area contributed by atoms with Crippen LogP contribution in [0.5, 0.6) is 0 Å². The van der Waals surface area contributed by atoms with Crippen LogP contribution in [0.3, 0.4) is 0 Å². The second-order valence-corrected chi connectivity index (χ2v) is 5.60. The van der Waals surface area contributed by atoms with E-state index in [4.69, 9.17) is 0 Å². The summed E-state index contributed by atoms with van der Waals surface area (Å²) in [6, 6.07) is 9.15. The minimum atomic E-state index is -0.542. The van der Waals surface area contributed by atoms with Crippen molar-refractivity contribution in [2.24, 2.45) is 0 Å². The van der Waals surface area contributed by atoms with Gasteiger partial charge in [0.05, 0.1) is 5.69 Å². The molecule has 0 radical (unpaired) electrons. The van der Waals surface area contributed by atoms with E-state index in [-0.39, 0.29) is 5.69 Å². The molecule has 0 aliphatic heterocycles. The highest BCUT2D eigenvalue weighted by Crippen LogP contribution is 2.27. The second kappa shape index (κ2) is 7.31. The Labute approximate surface area is 136 Å². The van der Waals surface area contributed by atoms with Crippen molar-refractivity contribution in [2.75, 3.05) is 29.8 Å². The van der Waals surface area contributed by atoms with Crippen molar-refractivity contribution in [1.29, 1.82) is 0 Å². The van der Waals surface area contributed by atoms with E-state index in [1.165, 1.54) is 0 Å². The van der Waals surface area contributed by atoms with Gasteiger partial charge in [0.1, 0.15) is 5.69 Å². The fourth-order valence-electron chi connectivity index (χ4n) is 2.36. The summed E-state index contributed by atoms with van der Waals surface area (Å²) in [4.78, 5) is 1.98. The average molecular weight is 319 g/mol. The molecule has 0 amide bonds. The van der Waals surface area contributed by atoms with Gasteiger partial charge in [-0.1, -0.05) is 13.8 Å². The topological polar surface area (TPSA) is 27.3 Å². The maximum atomic E-state index is 14.4. The molecule has 0 saturated carbocycles.